The van der Waals surface area contributed by atoms with E-state index in [9.17, 15) is 9.59 Å². The Morgan fingerprint density at radius 3 is 2.62 bits per heavy atom. The lowest BCUT2D eigenvalue weighted by molar-refractivity contribution is -0.143. The first kappa shape index (κ1) is 18.4. The SMILES string of the molecule is COC(=O)[C@H](CC(C)C)NC(=O)c1nc(N2CCCC2)ncc1Cl. The van der Waals surface area contributed by atoms with E-state index in [1.165, 1.54) is 13.3 Å². The van der Waals surface area contributed by atoms with Crippen molar-refractivity contribution in [2.45, 2.75) is 39.2 Å². The number of esters is 1. The van der Waals surface area contributed by atoms with Crippen LogP contribution in [0.25, 0.3) is 0 Å². The summed E-state index contributed by atoms with van der Waals surface area (Å²) in [5.41, 5.74) is 0.0752. The first-order chi connectivity index (χ1) is 11.4. The normalized spacial score (nSPS) is 15.5. The second-order valence-corrected chi connectivity index (χ2v) is 6.65. The third-order valence-electron chi connectivity index (χ3n) is 3.83. The standard InChI is InChI=1S/C16H23ClN4O3/c1-10(2)8-12(15(23)24-3)19-14(22)13-11(17)9-18-16(20-13)21-6-4-5-7-21/h9-10,12H,4-8H2,1-3H3,(H,19,22)/t12-/m0/s1. The Bertz CT molecular complexity index is 603. The molecule has 8 heteroatoms. The second-order valence-electron chi connectivity index (χ2n) is 6.24. The molecule has 1 saturated heterocycles. The van der Waals surface area contributed by atoms with Crippen molar-refractivity contribution in [1.82, 2.24) is 15.3 Å². The van der Waals surface area contributed by atoms with Crippen LogP contribution in [0.2, 0.25) is 5.02 Å². The van der Waals surface area contributed by atoms with E-state index < -0.39 is 17.9 Å². The molecule has 2 heterocycles. The number of halogens is 1. The van der Waals surface area contributed by atoms with Gasteiger partial charge in [0.05, 0.1) is 18.3 Å². The summed E-state index contributed by atoms with van der Waals surface area (Å²) in [6.45, 7) is 5.65. The van der Waals surface area contributed by atoms with Crippen LogP contribution in [0.15, 0.2) is 6.20 Å². The fourth-order valence-corrected chi connectivity index (χ4v) is 2.82. The predicted octanol–water partition coefficient (Wildman–Crippen LogP) is 2.05. The summed E-state index contributed by atoms with van der Waals surface area (Å²) in [6.07, 6.45) is 4.05. The molecule has 0 saturated carbocycles. The molecule has 1 aliphatic heterocycles. The average molecular weight is 355 g/mol. The molecule has 1 aliphatic rings. The largest absolute Gasteiger partial charge is 0.467 e. The van der Waals surface area contributed by atoms with Crippen LogP contribution in [0.3, 0.4) is 0 Å². The lowest BCUT2D eigenvalue weighted by Gasteiger charge is -2.19. The number of carbonyl (C=O) groups is 2. The summed E-state index contributed by atoms with van der Waals surface area (Å²) in [7, 11) is 1.30. The van der Waals surface area contributed by atoms with Gasteiger partial charge in [0.1, 0.15) is 6.04 Å². The van der Waals surface area contributed by atoms with Crippen LogP contribution in [0.1, 0.15) is 43.6 Å². The minimum Gasteiger partial charge on any atom is -0.467 e. The number of nitrogens with one attached hydrogen (secondary N) is 1. The molecule has 0 radical (unpaired) electrons. The molecule has 1 N–H and O–H groups in total. The van der Waals surface area contributed by atoms with Gasteiger partial charge in [-0.3, -0.25) is 4.79 Å². The molecule has 1 aromatic rings. The molecule has 1 atom stereocenters. The van der Waals surface area contributed by atoms with E-state index in [1.54, 1.807) is 0 Å². The topological polar surface area (TPSA) is 84.4 Å². The molecule has 0 spiro atoms. The lowest BCUT2D eigenvalue weighted by atomic mass is 10.0. The van der Waals surface area contributed by atoms with Gasteiger partial charge >= 0.3 is 5.97 Å². The van der Waals surface area contributed by atoms with Gasteiger partial charge < -0.3 is 15.0 Å². The minimum absolute atomic E-state index is 0.0752. The van der Waals surface area contributed by atoms with Crippen molar-refractivity contribution in [2.24, 2.45) is 5.92 Å². The van der Waals surface area contributed by atoms with Gasteiger partial charge in [0.25, 0.3) is 5.91 Å². The van der Waals surface area contributed by atoms with E-state index in [0.29, 0.717) is 12.4 Å². The molecular weight excluding hydrogens is 332 g/mol. The molecule has 0 unspecified atom stereocenters. The first-order valence-corrected chi connectivity index (χ1v) is 8.46. The van der Waals surface area contributed by atoms with Gasteiger partial charge in [-0.25, -0.2) is 14.8 Å². The van der Waals surface area contributed by atoms with E-state index >= 15 is 0 Å². The molecule has 1 amide bonds. The van der Waals surface area contributed by atoms with Crippen molar-refractivity contribution in [3.8, 4) is 0 Å². The summed E-state index contributed by atoms with van der Waals surface area (Å²) in [6, 6.07) is -0.733. The maximum atomic E-state index is 12.5. The Morgan fingerprint density at radius 1 is 1.38 bits per heavy atom. The van der Waals surface area contributed by atoms with E-state index in [2.05, 4.69) is 15.3 Å². The number of amides is 1. The van der Waals surface area contributed by atoms with Gasteiger partial charge in [-0.05, 0) is 25.2 Å². The van der Waals surface area contributed by atoms with Gasteiger partial charge in [0, 0.05) is 13.1 Å². The minimum atomic E-state index is -0.733. The Kier molecular flexibility index (Phi) is 6.36. The maximum absolute atomic E-state index is 12.5. The van der Waals surface area contributed by atoms with Gasteiger partial charge in [0.15, 0.2) is 5.69 Å². The van der Waals surface area contributed by atoms with Crippen molar-refractivity contribution in [1.29, 1.82) is 0 Å². The van der Waals surface area contributed by atoms with Crippen LogP contribution in [-0.4, -0.2) is 48.1 Å². The Hall–Kier alpha value is -1.89. The Balaban J connectivity index is 2.17. The summed E-state index contributed by atoms with van der Waals surface area (Å²) in [5.74, 6) is -0.281. The van der Waals surface area contributed by atoms with Crippen LogP contribution in [-0.2, 0) is 9.53 Å². The fraction of sp³-hybridized carbons (Fsp3) is 0.625. The highest BCUT2D eigenvalue weighted by atomic mass is 35.5. The van der Waals surface area contributed by atoms with Crippen LogP contribution in [0.4, 0.5) is 5.95 Å². The molecule has 1 fully saturated rings. The van der Waals surface area contributed by atoms with E-state index in [1.807, 2.05) is 18.7 Å². The van der Waals surface area contributed by atoms with Crippen molar-refractivity contribution < 1.29 is 14.3 Å². The summed E-state index contributed by atoms with van der Waals surface area (Å²) < 4.78 is 4.76. The highest BCUT2D eigenvalue weighted by Gasteiger charge is 2.26. The summed E-state index contributed by atoms with van der Waals surface area (Å²) in [5, 5.41) is 2.82. The van der Waals surface area contributed by atoms with Crippen LogP contribution in [0, 0.1) is 5.92 Å². The van der Waals surface area contributed by atoms with Crippen molar-refractivity contribution in [3.63, 3.8) is 0 Å². The summed E-state index contributed by atoms with van der Waals surface area (Å²) in [4.78, 5) is 34.9. The molecule has 1 aromatic heterocycles. The molecule has 0 aliphatic carbocycles. The number of anilines is 1. The predicted molar refractivity (Wildman–Crippen MR) is 91.2 cm³/mol. The number of rotatable bonds is 6. The number of hydrogen-bond donors (Lipinski definition) is 1. The van der Waals surface area contributed by atoms with Crippen LogP contribution in [0.5, 0.6) is 0 Å². The fourth-order valence-electron chi connectivity index (χ4n) is 2.64. The van der Waals surface area contributed by atoms with Gasteiger partial charge in [-0.15, -0.1) is 0 Å². The lowest BCUT2D eigenvalue weighted by Crippen LogP contribution is -2.42. The highest BCUT2D eigenvalue weighted by Crippen LogP contribution is 2.20. The zero-order valence-corrected chi connectivity index (χ0v) is 15.0. The molecular formula is C16H23ClN4O3. The number of hydrogen-bond acceptors (Lipinski definition) is 6. The van der Waals surface area contributed by atoms with Crippen LogP contribution >= 0.6 is 11.6 Å². The van der Waals surface area contributed by atoms with E-state index in [4.69, 9.17) is 16.3 Å². The molecule has 24 heavy (non-hydrogen) atoms. The van der Waals surface area contributed by atoms with E-state index in [0.717, 1.165) is 25.9 Å². The third-order valence-corrected chi connectivity index (χ3v) is 4.11. The molecule has 132 valence electrons. The average Bonchev–Trinajstić information content (AvgIpc) is 3.07. The monoisotopic (exact) mass is 354 g/mol. The van der Waals surface area contributed by atoms with Gasteiger partial charge in [-0.1, -0.05) is 25.4 Å². The number of nitrogens with zero attached hydrogens (tertiary/aromatic N) is 3. The van der Waals surface area contributed by atoms with Gasteiger partial charge in [-0.2, -0.15) is 0 Å². The maximum Gasteiger partial charge on any atom is 0.328 e. The summed E-state index contributed by atoms with van der Waals surface area (Å²) >= 11 is 6.08. The molecule has 2 rings (SSSR count). The Morgan fingerprint density at radius 2 is 2.04 bits per heavy atom. The number of ether oxygens (including phenoxy) is 1. The second kappa shape index (κ2) is 8.28. The zero-order valence-electron chi connectivity index (χ0n) is 14.2. The number of methoxy groups -OCH3 is 1. The van der Waals surface area contributed by atoms with Crippen molar-refractivity contribution in [2.75, 3.05) is 25.1 Å². The smallest absolute Gasteiger partial charge is 0.328 e. The zero-order chi connectivity index (χ0) is 17.7. The number of aromatic nitrogens is 2. The quantitative estimate of drug-likeness (QED) is 0.787. The first-order valence-electron chi connectivity index (χ1n) is 8.08. The molecule has 0 aromatic carbocycles. The number of carbonyl (C=O) groups excluding carboxylic acids is 2. The Labute approximate surface area is 146 Å². The van der Waals surface area contributed by atoms with E-state index in [-0.39, 0.29) is 16.6 Å². The van der Waals surface area contributed by atoms with Crippen LogP contribution < -0.4 is 10.2 Å². The van der Waals surface area contributed by atoms with Crippen molar-refractivity contribution in [3.05, 3.63) is 16.9 Å². The highest BCUT2D eigenvalue weighted by molar-refractivity contribution is 6.33. The van der Waals surface area contributed by atoms with Crippen molar-refractivity contribution >= 4 is 29.4 Å². The van der Waals surface area contributed by atoms with Gasteiger partial charge in [0.2, 0.25) is 5.95 Å². The molecule has 7 nitrogen and oxygen atoms in total. The molecule has 0 bridgehead atoms. The third kappa shape index (κ3) is 4.56.